The average Bonchev–Trinajstić information content (AvgIpc) is 2.89. The van der Waals surface area contributed by atoms with Gasteiger partial charge in [-0.2, -0.15) is 0 Å². The summed E-state index contributed by atoms with van der Waals surface area (Å²) in [5.41, 5.74) is 11.0. The average molecular weight is 454 g/mol. The van der Waals surface area contributed by atoms with Crippen molar-refractivity contribution in [3.63, 3.8) is 0 Å². The van der Waals surface area contributed by atoms with Crippen LogP contribution in [-0.4, -0.2) is 0 Å². The molecule has 0 aliphatic rings. The van der Waals surface area contributed by atoms with E-state index in [4.69, 9.17) is 0 Å². The van der Waals surface area contributed by atoms with Crippen molar-refractivity contribution in [3.8, 4) is 33.4 Å². The lowest BCUT2D eigenvalue weighted by Gasteiger charge is -2.19. The standard InChI is InChI=1S/C34H31N/c1-34(2,3)28-20-22-29(23-21-28)35-30-17-10-16-27(24-30)33-31(25-12-6-4-7-13-25)18-11-19-32(33)26-14-8-5-9-15-26/h4-24,35H,1-3H3. The van der Waals surface area contributed by atoms with Crippen LogP contribution in [0.5, 0.6) is 0 Å². The topological polar surface area (TPSA) is 12.0 Å². The Labute approximate surface area is 209 Å². The summed E-state index contributed by atoms with van der Waals surface area (Å²) < 4.78 is 0. The zero-order valence-corrected chi connectivity index (χ0v) is 20.6. The Morgan fingerprint density at radius 2 is 0.971 bits per heavy atom. The van der Waals surface area contributed by atoms with Crippen LogP contribution in [-0.2, 0) is 5.41 Å². The van der Waals surface area contributed by atoms with E-state index in [0.29, 0.717) is 0 Å². The minimum Gasteiger partial charge on any atom is -0.356 e. The molecule has 0 unspecified atom stereocenters. The highest BCUT2D eigenvalue weighted by Gasteiger charge is 2.15. The number of hydrogen-bond donors (Lipinski definition) is 1. The van der Waals surface area contributed by atoms with Crippen LogP contribution in [0.15, 0.2) is 127 Å². The Hall–Kier alpha value is -4.10. The minimum absolute atomic E-state index is 0.146. The van der Waals surface area contributed by atoms with Crippen LogP contribution in [0.4, 0.5) is 11.4 Å². The fraction of sp³-hybridized carbons (Fsp3) is 0.118. The van der Waals surface area contributed by atoms with Crippen LogP contribution in [0.25, 0.3) is 33.4 Å². The first-order valence-electron chi connectivity index (χ1n) is 12.2. The van der Waals surface area contributed by atoms with Crippen LogP contribution < -0.4 is 5.32 Å². The van der Waals surface area contributed by atoms with Gasteiger partial charge >= 0.3 is 0 Å². The molecule has 172 valence electrons. The van der Waals surface area contributed by atoms with E-state index in [1.54, 1.807) is 0 Å². The summed E-state index contributed by atoms with van der Waals surface area (Å²) in [7, 11) is 0. The van der Waals surface area contributed by atoms with Gasteiger partial charge in [-0.25, -0.2) is 0 Å². The molecule has 0 aliphatic carbocycles. The Morgan fingerprint density at radius 1 is 0.457 bits per heavy atom. The molecule has 5 rings (SSSR count). The van der Waals surface area contributed by atoms with Crippen LogP contribution in [0, 0.1) is 0 Å². The second kappa shape index (κ2) is 9.64. The Balaban J connectivity index is 1.59. The van der Waals surface area contributed by atoms with Crippen LogP contribution >= 0.6 is 0 Å². The van der Waals surface area contributed by atoms with Gasteiger partial charge in [0.1, 0.15) is 0 Å². The van der Waals surface area contributed by atoms with Crippen molar-refractivity contribution in [1.82, 2.24) is 0 Å². The van der Waals surface area contributed by atoms with Gasteiger partial charge < -0.3 is 5.32 Å². The molecule has 0 aromatic heterocycles. The third-order valence-corrected chi connectivity index (χ3v) is 6.42. The lowest BCUT2D eigenvalue weighted by molar-refractivity contribution is 0.590. The third kappa shape index (κ3) is 5.05. The quantitative estimate of drug-likeness (QED) is 0.279. The smallest absolute Gasteiger partial charge is 0.0390 e. The first kappa shape index (κ1) is 22.7. The van der Waals surface area contributed by atoms with E-state index < -0.39 is 0 Å². The number of benzene rings is 5. The van der Waals surface area contributed by atoms with E-state index in [9.17, 15) is 0 Å². The molecule has 0 aliphatic heterocycles. The second-order valence-corrected chi connectivity index (χ2v) is 9.99. The zero-order chi connectivity index (χ0) is 24.3. The van der Waals surface area contributed by atoms with Crippen molar-refractivity contribution in [2.75, 3.05) is 5.32 Å². The molecule has 0 radical (unpaired) electrons. The molecule has 0 saturated carbocycles. The van der Waals surface area contributed by atoms with Crippen molar-refractivity contribution in [2.45, 2.75) is 26.2 Å². The molecular formula is C34H31N. The maximum atomic E-state index is 3.61. The largest absolute Gasteiger partial charge is 0.356 e. The van der Waals surface area contributed by atoms with Crippen LogP contribution in [0.3, 0.4) is 0 Å². The lowest BCUT2D eigenvalue weighted by Crippen LogP contribution is -2.10. The van der Waals surface area contributed by atoms with Gasteiger partial charge in [-0.1, -0.05) is 124 Å². The molecule has 1 N–H and O–H groups in total. The van der Waals surface area contributed by atoms with E-state index in [2.05, 4.69) is 153 Å². The molecule has 0 bridgehead atoms. The van der Waals surface area contributed by atoms with E-state index >= 15 is 0 Å². The molecule has 0 fully saturated rings. The maximum absolute atomic E-state index is 3.61. The van der Waals surface area contributed by atoms with Crippen LogP contribution in [0.2, 0.25) is 0 Å². The molecule has 5 aromatic rings. The lowest BCUT2D eigenvalue weighted by atomic mass is 9.87. The Morgan fingerprint density at radius 3 is 1.51 bits per heavy atom. The SMILES string of the molecule is CC(C)(C)c1ccc(Nc2cccc(-c3c(-c4ccccc4)cccc3-c3ccccc3)c2)cc1. The van der Waals surface area contributed by atoms with E-state index in [0.717, 1.165) is 11.4 Å². The highest BCUT2D eigenvalue weighted by atomic mass is 14.9. The molecule has 0 atom stereocenters. The minimum atomic E-state index is 0.146. The molecule has 0 saturated heterocycles. The zero-order valence-electron chi connectivity index (χ0n) is 20.6. The van der Waals surface area contributed by atoms with Crippen molar-refractivity contribution in [1.29, 1.82) is 0 Å². The first-order valence-corrected chi connectivity index (χ1v) is 12.2. The van der Waals surface area contributed by atoms with Crippen molar-refractivity contribution in [2.24, 2.45) is 0 Å². The van der Waals surface area contributed by atoms with Gasteiger partial charge in [0, 0.05) is 11.4 Å². The molecule has 5 aromatic carbocycles. The van der Waals surface area contributed by atoms with Gasteiger partial charge in [0.05, 0.1) is 0 Å². The van der Waals surface area contributed by atoms with Gasteiger partial charge in [0.2, 0.25) is 0 Å². The van der Waals surface area contributed by atoms with E-state index in [1.807, 2.05) is 0 Å². The molecule has 1 heteroatoms. The third-order valence-electron chi connectivity index (χ3n) is 6.42. The number of rotatable bonds is 5. The predicted molar refractivity (Wildman–Crippen MR) is 151 cm³/mol. The van der Waals surface area contributed by atoms with Gasteiger partial charge in [-0.15, -0.1) is 0 Å². The normalized spacial score (nSPS) is 11.3. The summed E-state index contributed by atoms with van der Waals surface area (Å²) in [6.07, 6.45) is 0. The Kier molecular flexibility index (Phi) is 6.25. The molecule has 0 amide bonds. The van der Waals surface area contributed by atoms with Gasteiger partial charge in [-0.3, -0.25) is 0 Å². The van der Waals surface area contributed by atoms with Gasteiger partial charge in [-0.05, 0) is 68.6 Å². The highest BCUT2D eigenvalue weighted by molar-refractivity contribution is 5.95. The maximum Gasteiger partial charge on any atom is 0.0390 e. The summed E-state index contributed by atoms with van der Waals surface area (Å²) in [5, 5.41) is 3.61. The van der Waals surface area contributed by atoms with Crippen molar-refractivity contribution in [3.05, 3.63) is 133 Å². The summed E-state index contributed by atoms with van der Waals surface area (Å²) in [4.78, 5) is 0. The van der Waals surface area contributed by atoms with Crippen molar-refractivity contribution >= 4 is 11.4 Å². The van der Waals surface area contributed by atoms with Gasteiger partial charge in [0.25, 0.3) is 0 Å². The molecule has 0 spiro atoms. The fourth-order valence-electron chi connectivity index (χ4n) is 4.55. The summed E-state index contributed by atoms with van der Waals surface area (Å²) in [6, 6.07) is 45.4. The van der Waals surface area contributed by atoms with Crippen LogP contribution in [0.1, 0.15) is 26.3 Å². The van der Waals surface area contributed by atoms with E-state index in [1.165, 1.54) is 38.9 Å². The first-order chi connectivity index (χ1) is 17.0. The number of hydrogen-bond acceptors (Lipinski definition) is 1. The monoisotopic (exact) mass is 453 g/mol. The molecule has 1 nitrogen and oxygen atoms in total. The second-order valence-electron chi connectivity index (χ2n) is 9.99. The fourth-order valence-corrected chi connectivity index (χ4v) is 4.55. The highest BCUT2D eigenvalue weighted by Crippen LogP contribution is 2.41. The molecule has 0 heterocycles. The molecular weight excluding hydrogens is 422 g/mol. The summed E-state index contributed by atoms with van der Waals surface area (Å²) in [5.74, 6) is 0. The summed E-state index contributed by atoms with van der Waals surface area (Å²) in [6.45, 7) is 6.73. The van der Waals surface area contributed by atoms with Gasteiger partial charge in [0.15, 0.2) is 0 Å². The Bertz CT molecular complexity index is 1350. The number of nitrogens with one attached hydrogen (secondary N) is 1. The number of anilines is 2. The predicted octanol–water partition coefficient (Wildman–Crippen LogP) is 9.73. The van der Waals surface area contributed by atoms with Crippen molar-refractivity contribution < 1.29 is 0 Å². The van der Waals surface area contributed by atoms with E-state index in [-0.39, 0.29) is 5.41 Å². The molecule has 35 heavy (non-hydrogen) atoms. The summed E-state index contributed by atoms with van der Waals surface area (Å²) >= 11 is 0.